The monoisotopic (exact) mass is 574 g/mol. The molecule has 39 heavy (non-hydrogen) atoms. The molecule has 11 nitrogen and oxygen atoms in total. The smallest absolute Gasteiger partial charge is 0.292 e. The third kappa shape index (κ3) is 7.33. The molecule has 210 valence electrons. The number of benzene rings is 1. The highest BCUT2D eigenvalue weighted by Gasteiger charge is 2.37. The van der Waals surface area contributed by atoms with Crippen LogP contribution in [0.1, 0.15) is 39.6 Å². The van der Waals surface area contributed by atoms with Crippen LogP contribution in [0.15, 0.2) is 29.3 Å². The Morgan fingerprint density at radius 3 is 2.62 bits per heavy atom. The minimum Gasteiger partial charge on any atom is -0.349 e. The van der Waals surface area contributed by atoms with Gasteiger partial charge < -0.3 is 25.9 Å². The van der Waals surface area contributed by atoms with Crippen LogP contribution >= 0.6 is 22.9 Å². The van der Waals surface area contributed by atoms with Crippen molar-refractivity contribution in [3.63, 3.8) is 0 Å². The summed E-state index contributed by atoms with van der Waals surface area (Å²) in [7, 11) is 7.15. The van der Waals surface area contributed by atoms with Crippen molar-refractivity contribution < 1.29 is 14.4 Å². The van der Waals surface area contributed by atoms with Gasteiger partial charge in [-0.25, -0.2) is 10.4 Å². The minimum absolute atomic E-state index is 0.0125. The number of halogens is 1. The number of fused-ring (bicyclic) bond motifs is 1. The zero-order valence-electron chi connectivity index (χ0n) is 22.6. The maximum Gasteiger partial charge on any atom is 0.292 e. The molecule has 1 aliphatic heterocycles. The molecule has 13 heteroatoms. The third-order valence-electron chi connectivity index (χ3n) is 6.89. The van der Waals surface area contributed by atoms with Crippen molar-refractivity contribution in [1.29, 1.82) is 0 Å². The highest BCUT2D eigenvalue weighted by atomic mass is 35.5. The Kier molecular flexibility index (Phi) is 9.54. The van der Waals surface area contributed by atoms with Gasteiger partial charge in [0, 0.05) is 62.2 Å². The second kappa shape index (κ2) is 12.9. The van der Waals surface area contributed by atoms with Crippen molar-refractivity contribution in [3.8, 4) is 0 Å². The van der Waals surface area contributed by atoms with Crippen LogP contribution in [-0.2, 0) is 22.6 Å². The molecule has 4 N–H and O–H groups in total. The molecule has 0 spiro atoms. The van der Waals surface area contributed by atoms with E-state index in [4.69, 9.17) is 16.6 Å². The topological polar surface area (TPSA) is 131 Å². The average Bonchev–Trinajstić information content (AvgIpc) is 3.33. The van der Waals surface area contributed by atoms with Crippen LogP contribution in [-0.4, -0.2) is 85.2 Å². The van der Waals surface area contributed by atoms with Crippen LogP contribution in [0.4, 0.5) is 5.69 Å². The summed E-state index contributed by atoms with van der Waals surface area (Å²) < 4.78 is 0. The standard InChI is InChI=1S/C26H35ClN8O3S/c1-28-33-22(23(36)29-17-8-6-16(27)7-9-17)30-18-10-5-15(26(38)34(2)3)13-20(18)31-24(37)25-32-19-11-12-35(4)14-21(19)39-25/h6-9,15,18,20,28H,5,10-14H2,1-4H3,(H,29,36)(H,30,33)(H,31,37)/t15-,18-,20+/m0/s1. The summed E-state index contributed by atoms with van der Waals surface area (Å²) in [5, 5.41) is 6.87. The van der Waals surface area contributed by atoms with Gasteiger partial charge in [-0.2, -0.15) is 0 Å². The van der Waals surface area contributed by atoms with Gasteiger partial charge in [0.15, 0.2) is 5.01 Å². The fraction of sp³-hybridized carbons (Fsp3) is 0.500. The lowest BCUT2D eigenvalue weighted by molar-refractivity contribution is -0.134. The van der Waals surface area contributed by atoms with Crippen LogP contribution < -0.4 is 21.5 Å². The lowest BCUT2D eigenvalue weighted by Crippen LogP contribution is -2.51. The van der Waals surface area contributed by atoms with Crippen LogP contribution in [0.25, 0.3) is 0 Å². The predicted molar refractivity (Wildman–Crippen MR) is 153 cm³/mol. The number of amidine groups is 1. The van der Waals surface area contributed by atoms with Gasteiger partial charge >= 0.3 is 0 Å². The Bertz CT molecular complexity index is 1230. The second-order valence-electron chi connectivity index (χ2n) is 10.1. The van der Waals surface area contributed by atoms with Crippen molar-refractivity contribution in [2.45, 2.75) is 44.3 Å². The first-order valence-electron chi connectivity index (χ1n) is 12.9. The third-order valence-corrected chi connectivity index (χ3v) is 8.23. The van der Waals surface area contributed by atoms with Gasteiger partial charge in [0.1, 0.15) is 0 Å². The molecule has 2 aliphatic rings. The molecule has 3 amide bonds. The highest BCUT2D eigenvalue weighted by molar-refractivity contribution is 7.13. The van der Waals surface area contributed by atoms with Crippen molar-refractivity contribution in [3.05, 3.63) is 44.9 Å². The molecule has 1 aromatic heterocycles. The van der Waals surface area contributed by atoms with E-state index in [1.807, 2.05) is 0 Å². The number of anilines is 1. The molecule has 2 heterocycles. The maximum atomic E-state index is 13.3. The van der Waals surface area contributed by atoms with Crippen LogP contribution in [0.2, 0.25) is 5.02 Å². The van der Waals surface area contributed by atoms with E-state index in [0.717, 1.165) is 30.1 Å². The van der Waals surface area contributed by atoms with Crippen molar-refractivity contribution in [2.24, 2.45) is 10.9 Å². The van der Waals surface area contributed by atoms with E-state index in [2.05, 4.69) is 38.4 Å². The first-order chi connectivity index (χ1) is 18.6. The number of hydrazine groups is 1. The zero-order chi connectivity index (χ0) is 28.1. The van der Waals surface area contributed by atoms with E-state index < -0.39 is 18.0 Å². The van der Waals surface area contributed by atoms with E-state index in [-0.39, 0.29) is 23.6 Å². The minimum atomic E-state index is -0.458. The first kappa shape index (κ1) is 28.9. The molecule has 0 unspecified atom stereocenters. The van der Waals surface area contributed by atoms with E-state index in [9.17, 15) is 14.4 Å². The summed E-state index contributed by atoms with van der Waals surface area (Å²) in [5.41, 5.74) is 7.12. The van der Waals surface area contributed by atoms with E-state index in [0.29, 0.717) is 35.0 Å². The predicted octanol–water partition coefficient (Wildman–Crippen LogP) is 1.90. The quantitative estimate of drug-likeness (QED) is 0.235. The van der Waals surface area contributed by atoms with Crippen molar-refractivity contribution >= 4 is 52.2 Å². The van der Waals surface area contributed by atoms with Gasteiger partial charge in [-0.15, -0.1) is 11.3 Å². The number of aliphatic imine (C=N–C) groups is 1. The molecule has 2 aromatic rings. The number of carbonyl (C=O) groups excluding carboxylic acids is 3. The summed E-state index contributed by atoms with van der Waals surface area (Å²) >= 11 is 7.36. The Balaban J connectivity index is 1.55. The Hall–Kier alpha value is -3.06. The molecular weight excluding hydrogens is 540 g/mol. The largest absolute Gasteiger partial charge is 0.349 e. The fourth-order valence-corrected chi connectivity index (χ4v) is 6.08. The van der Waals surface area contributed by atoms with Gasteiger partial charge in [0.25, 0.3) is 11.8 Å². The number of rotatable bonds is 6. The number of likely N-dealkylation sites (N-methyl/N-ethyl adjacent to an activating group) is 1. The highest BCUT2D eigenvalue weighted by Crippen LogP contribution is 2.30. The summed E-state index contributed by atoms with van der Waals surface area (Å²) in [6, 6.07) is 5.88. The molecule has 0 saturated heterocycles. The number of hydrogen-bond acceptors (Lipinski definition) is 8. The second-order valence-corrected chi connectivity index (χ2v) is 11.6. The molecule has 3 atom stereocenters. The number of aromatic nitrogens is 1. The lowest BCUT2D eigenvalue weighted by Gasteiger charge is -2.35. The molecule has 0 bridgehead atoms. The Morgan fingerprint density at radius 2 is 1.92 bits per heavy atom. The average molecular weight is 575 g/mol. The number of nitrogens with zero attached hydrogens (tertiary/aromatic N) is 4. The molecule has 1 fully saturated rings. The molecule has 1 aliphatic carbocycles. The lowest BCUT2D eigenvalue weighted by atomic mass is 9.81. The maximum absolute atomic E-state index is 13.3. The SMILES string of the molecule is CNNC(=N[C@H]1CC[C@H](C(=O)N(C)C)C[C@H]1NC(=O)c1nc2c(s1)CN(C)CC2)C(=O)Nc1ccc(Cl)cc1. The molecule has 0 radical (unpaired) electrons. The normalized spacial score (nSPS) is 21.6. The number of hydrogen-bond donors (Lipinski definition) is 4. The Morgan fingerprint density at radius 1 is 1.18 bits per heavy atom. The number of amides is 3. The first-order valence-corrected chi connectivity index (χ1v) is 14.1. The number of nitrogens with one attached hydrogen (secondary N) is 4. The van der Waals surface area contributed by atoms with Gasteiger partial charge in [0.05, 0.1) is 17.8 Å². The van der Waals surface area contributed by atoms with Crippen molar-refractivity contribution in [1.82, 2.24) is 31.0 Å². The number of thiazole rings is 1. The summed E-state index contributed by atoms with van der Waals surface area (Å²) in [6.07, 6.45) is 2.35. The van der Waals surface area contributed by atoms with E-state index in [1.54, 1.807) is 50.3 Å². The van der Waals surface area contributed by atoms with Crippen LogP contribution in [0.5, 0.6) is 0 Å². The summed E-state index contributed by atoms with van der Waals surface area (Å²) in [6.45, 7) is 1.68. The van der Waals surface area contributed by atoms with Crippen LogP contribution in [0, 0.1) is 5.92 Å². The van der Waals surface area contributed by atoms with Gasteiger partial charge in [-0.05, 0) is 50.6 Å². The fourth-order valence-electron chi connectivity index (χ4n) is 4.86. The molecular formula is C26H35ClN8O3S. The van der Waals surface area contributed by atoms with E-state index in [1.165, 1.54) is 11.3 Å². The van der Waals surface area contributed by atoms with Crippen LogP contribution in [0.3, 0.4) is 0 Å². The molecule has 1 saturated carbocycles. The number of carbonyl (C=O) groups is 3. The Labute approximate surface area is 237 Å². The van der Waals surface area contributed by atoms with E-state index >= 15 is 0 Å². The summed E-state index contributed by atoms with van der Waals surface area (Å²) in [5.74, 6) is -0.896. The summed E-state index contributed by atoms with van der Waals surface area (Å²) in [4.78, 5) is 53.4. The van der Waals surface area contributed by atoms with Crippen molar-refractivity contribution in [2.75, 3.05) is 40.1 Å². The molecule has 1 aromatic carbocycles. The molecule has 4 rings (SSSR count). The zero-order valence-corrected chi connectivity index (χ0v) is 24.2. The van der Waals surface area contributed by atoms with Gasteiger partial charge in [-0.1, -0.05) is 11.6 Å². The van der Waals surface area contributed by atoms with Gasteiger partial charge in [0.2, 0.25) is 11.7 Å². The van der Waals surface area contributed by atoms with Gasteiger partial charge in [-0.3, -0.25) is 19.4 Å².